The predicted molar refractivity (Wildman–Crippen MR) is 58.1 cm³/mol. The summed E-state index contributed by atoms with van der Waals surface area (Å²) in [4.78, 5) is 0. The Bertz CT molecular complexity index is 363. The average molecular weight is 212 g/mol. The van der Waals surface area contributed by atoms with Gasteiger partial charge < -0.3 is 10.1 Å². The second-order valence-corrected chi connectivity index (χ2v) is 4.01. The third kappa shape index (κ3) is 1.60. The number of nitrogens with one attached hydrogen (secondary N) is 1. The molecule has 1 aromatic rings. The number of benzene rings is 1. The van der Waals surface area contributed by atoms with Crippen LogP contribution in [0.1, 0.15) is 16.7 Å². The van der Waals surface area contributed by atoms with Gasteiger partial charge in [0.25, 0.3) is 0 Å². The van der Waals surface area contributed by atoms with Crippen molar-refractivity contribution in [2.75, 3.05) is 13.2 Å². The van der Waals surface area contributed by atoms with Crippen LogP contribution >= 0.6 is 11.6 Å². The molecule has 0 aromatic heterocycles. The van der Waals surface area contributed by atoms with Gasteiger partial charge in [-0.25, -0.2) is 0 Å². The molecule has 0 atom stereocenters. The number of fused-ring (bicyclic) bond motifs is 1. The molecule has 0 fully saturated rings. The fourth-order valence-electron chi connectivity index (χ4n) is 1.76. The zero-order valence-corrected chi connectivity index (χ0v) is 9.24. The van der Waals surface area contributed by atoms with Crippen molar-refractivity contribution in [1.82, 2.24) is 5.32 Å². The molecule has 0 saturated carbocycles. The Morgan fingerprint density at radius 1 is 1.43 bits per heavy atom. The highest BCUT2D eigenvalue weighted by atomic mass is 35.5. The molecule has 0 bridgehead atoms. The van der Waals surface area contributed by atoms with E-state index in [1.54, 1.807) is 0 Å². The molecule has 0 radical (unpaired) electrons. The quantitative estimate of drug-likeness (QED) is 0.712. The van der Waals surface area contributed by atoms with Crippen LogP contribution in [0.25, 0.3) is 0 Å². The van der Waals surface area contributed by atoms with Gasteiger partial charge in [0.2, 0.25) is 0 Å². The lowest BCUT2D eigenvalue weighted by molar-refractivity contribution is 0.325. The molecule has 3 heteroatoms. The monoisotopic (exact) mass is 211 g/mol. The minimum Gasteiger partial charge on any atom is -0.492 e. The Kier molecular flexibility index (Phi) is 2.66. The van der Waals surface area contributed by atoms with E-state index < -0.39 is 0 Å². The van der Waals surface area contributed by atoms with Crippen LogP contribution in [0, 0.1) is 13.8 Å². The maximum absolute atomic E-state index is 6.18. The van der Waals surface area contributed by atoms with E-state index in [0.29, 0.717) is 0 Å². The Hall–Kier alpha value is -0.730. The van der Waals surface area contributed by atoms with Gasteiger partial charge in [0.05, 0.1) is 0 Å². The molecule has 0 unspecified atom stereocenters. The first kappa shape index (κ1) is 9.81. The van der Waals surface area contributed by atoms with Crippen molar-refractivity contribution in [3.63, 3.8) is 0 Å². The standard InChI is InChI=1S/C11H14ClNO/c1-7-5-10-9(8(2)11(7)12)6-13-3-4-14-10/h5,13H,3-4,6H2,1-2H3. The van der Waals surface area contributed by atoms with E-state index in [4.69, 9.17) is 16.3 Å². The summed E-state index contributed by atoms with van der Waals surface area (Å²) in [5.74, 6) is 0.981. The molecule has 2 rings (SSSR count). The first-order valence-electron chi connectivity index (χ1n) is 4.82. The molecule has 1 aliphatic rings. The van der Waals surface area contributed by atoms with E-state index in [-0.39, 0.29) is 0 Å². The highest BCUT2D eigenvalue weighted by Crippen LogP contribution is 2.32. The van der Waals surface area contributed by atoms with Gasteiger partial charge in [-0.3, -0.25) is 0 Å². The summed E-state index contributed by atoms with van der Waals surface area (Å²) < 4.78 is 5.64. The first-order chi connectivity index (χ1) is 6.70. The predicted octanol–water partition coefficient (Wildman–Crippen LogP) is 2.44. The fraction of sp³-hybridized carbons (Fsp3) is 0.455. The van der Waals surface area contributed by atoms with Gasteiger partial charge in [0.15, 0.2) is 0 Å². The van der Waals surface area contributed by atoms with Crippen LogP contribution in [0.5, 0.6) is 5.75 Å². The van der Waals surface area contributed by atoms with E-state index >= 15 is 0 Å². The molecular formula is C11H14ClNO. The molecule has 0 aliphatic carbocycles. The van der Waals surface area contributed by atoms with Gasteiger partial charge in [0, 0.05) is 23.7 Å². The molecule has 0 saturated heterocycles. The average Bonchev–Trinajstić information content (AvgIpc) is 2.39. The van der Waals surface area contributed by atoms with Crippen molar-refractivity contribution < 1.29 is 4.74 Å². The lowest BCUT2D eigenvalue weighted by atomic mass is 10.0. The van der Waals surface area contributed by atoms with Crippen LogP contribution in [0.4, 0.5) is 0 Å². The van der Waals surface area contributed by atoms with Crippen LogP contribution in [-0.4, -0.2) is 13.2 Å². The minimum absolute atomic E-state index is 0.730. The van der Waals surface area contributed by atoms with E-state index in [1.165, 1.54) is 5.56 Å². The summed E-state index contributed by atoms with van der Waals surface area (Å²) in [5.41, 5.74) is 3.42. The van der Waals surface area contributed by atoms with Crippen molar-refractivity contribution in [3.8, 4) is 5.75 Å². The smallest absolute Gasteiger partial charge is 0.124 e. The van der Waals surface area contributed by atoms with Gasteiger partial charge in [-0.2, -0.15) is 0 Å². The Morgan fingerprint density at radius 3 is 3.00 bits per heavy atom. The molecule has 1 N–H and O–H groups in total. The van der Waals surface area contributed by atoms with Gasteiger partial charge >= 0.3 is 0 Å². The largest absolute Gasteiger partial charge is 0.492 e. The number of ether oxygens (including phenoxy) is 1. The Morgan fingerprint density at radius 2 is 2.21 bits per heavy atom. The van der Waals surface area contributed by atoms with Gasteiger partial charge in [-0.1, -0.05) is 11.6 Å². The molecule has 1 aromatic carbocycles. The van der Waals surface area contributed by atoms with Crippen molar-refractivity contribution in [2.45, 2.75) is 20.4 Å². The highest BCUT2D eigenvalue weighted by Gasteiger charge is 2.14. The zero-order chi connectivity index (χ0) is 10.1. The molecule has 1 heterocycles. The maximum atomic E-state index is 6.18. The molecule has 14 heavy (non-hydrogen) atoms. The first-order valence-corrected chi connectivity index (χ1v) is 5.20. The van der Waals surface area contributed by atoms with Gasteiger partial charge in [-0.05, 0) is 31.0 Å². The van der Waals surface area contributed by atoms with Crippen LogP contribution in [-0.2, 0) is 6.54 Å². The van der Waals surface area contributed by atoms with Crippen LogP contribution in [0.15, 0.2) is 6.07 Å². The summed E-state index contributed by atoms with van der Waals surface area (Å²) >= 11 is 6.18. The molecule has 0 amide bonds. The fourth-order valence-corrected chi connectivity index (χ4v) is 1.92. The van der Waals surface area contributed by atoms with E-state index in [0.717, 1.165) is 41.6 Å². The normalized spacial score (nSPS) is 15.6. The summed E-state index contributed by atoms with van der Waals surface area (Å²) in [5, 5.41) is 4.16. The molecule has 76 valence electrons. The van der Waals surface area contributed by atoms with E-state index in [2.05, 4.69) is 5.32 Å². The van der Waals surface area contributed by atoms with Crippen molar-refractivity contribution in [2.24, 2.45) is 0 Å². The number of hydrogen-bond acceptors (Lipinski definition) is 2. The topological polar surface area (TPSA) is 21.3 Å². The second-order valence-electron chi connectivity index (χ2n) is 3.63. The highest BCUT2D eigenvalue weighted by molar-refractivity contribution is 6.32. The lowest BCUT2D eigenvalue weighted by Gasteiger charge is -2.13. The lowest BCUT2D eigenvalue weighted by Crippen LogP contribution is -2.16. The molecule has 2 nitrogen and oxygen atoms in total. The number of rotatable bonds is 0. The number of aryl methyl sites for hydroxylation is 1. The van der Waals surface area contributed by atoms with Crippen LogP contribution < -0.4 is 10.1 Å². The van der Waals surface area contributed by atoms with E-state index in [1.807, 2.05) is 19.9 Å². The zero-order valence-electron chi connectivity index (χ0n) is 8.48. The molecular weight excluding hydrogens is 198 g/mol. The summed E-state index contributed by atoms with van der Waals surface area (Å²) in [7, 11) is 0. The summed E-state index contributed by atoms with van der Waals surface area (Å²) in [6.45, 7) is 6.53. The SMILES string of the molecule is Cc1cc2c(c(C)c1Cl)CNCCO2. The van der Waals surface area contributed by atoms with Gasteiger partial charge in [0.1, 0.15) is 12.4 Å². The number of halogens is 1. The summed E-state index contributed by atoms with van der Waals surface area (Å²) in [6, 6.07) is 2.03. The molecule has 1 aliphatic heterocycles. The second kappa shape index (κ2) is 3.79. The van der Waals surface area contributed by atoms with Gasteiger partial charge in [-0.15, -0.1) is 0 Å². The maximum Gasteiger partial charge on any atom is 0.124 e. The third-order valence-corrected chi connectivity index (χ3v) is 3.19. The van der Waals surface area contributed by atoms with Crippen LogP contribution in [0.3, 0.4) is 0 Å². The van der Waals surface area contributed by atoms with Crippen molar-refractivity contribution in [1.29, 1.82) is 0 Å². The molecule has 0 spiro atoms. The minimum atomic E-state index is 0.730. The van der Waals surface area contributed by atoms with Crippen molar-refractivity contribution >= 4 is 11.6 Å². The van der Waals surface area contributed by atoms with Crippen LogP contribution in [0.2, 0.25) is 5.02 Å². The van der Waals surface area contributed by atoms with E-state index in [9.17, 15) is 0 Å². The summed E-state index contributed by atoms with van der Waals surface area (Å²) in [6.07, 6.45) is 0. The van der Waals surface area contributed by atoms with Crippen molar-refractivity contribution in [3.05, 3.63) is 27.8 Å². The number of hydrogen-bond donors (Lipinski definition) is 1. The third-order valence-electron chi connectivity index (χ3n) is 2.61. The Labute approximate surface area is 89.2 Å². The Balaban J connectivity index is 2.55.